The second-order valence-electron chi connectivity index (χ2n) is 6.94. The van der Waals surface area contributed by atoms with Crippen molar-refractivity contribution in [2.45, 2.75) is 20.1 Å². The Morgan fingerprint density at radius 3 is 2.18 bits per heavy atom. The van der Waals surface area contributed by atoms with Gasteiger partial charge in [-0.3, -0.25) is 9.78 Å². The second-order valence-corrected chi connectivity index (χ2v) is 6.94. The molecule has 1 heterocycles. The Hall–Kier alpha value is -3.94. The van der Waals surface area contributed by atoms with Crippen molar-refractivity contribution < 1.29 is 28.5 Å². The Labute approximate surface area is 193 Å². The molecule has 0 aliphatic carbocycles. The number of hydrogen-bond donors (Lipinski definition) is 1. The molecule has 8 nitrogen and oxygen atoms in total. The highest BCUT2D eigenvalue weighted by Gasteiger charge is 2.15. The Morgan fingerprint density at radius 2 is 1.52 bits per heavy atom. The fourth-order valence-electron chi connectivity index (χ4n) is 3.19. The van der Waals surface area contributed by atoms with Crippen molar-refractivity contribution in [3.63, 3.8) is 0 Å². The van der Waals surface area contributed by atoms with Gasteiger partial charge in [0.1, 0.15) is 12.4 Å². The summed E-state index contributed by atoms with van der Waals surface area (Å²) >= 11 is 0. The number of amides is 1. The molecule has 1 amide bonds. The van der Waals surface area contributed by atoms with E-state index in [0.29, 0.717) is 47.5 Å². The molecule has 0 fully saturated rings. The molecule has 33 heavy (non-hydrogen) atoms. The molecule has 0 spiro atoms. The van der Waals surface area contributed by atoms with Gasteiger partial charge in [-0.2, -0.15) is 0 Å². The van der Waals surface area contributed by atoms with Gasteiger partial charge in [-0.25, -0.2) is 0 Å². The molecule has 1 aromatic heterocycles. The zero-order valence-electron chi connectivity index (χ0n) is 19.2. The summed E-state index contributed by atoms with van der Waals surface area (Å²) in [5.74, 6) is 2.50. The number of rotatable bonds is 11. The van der Waals surface area contributed by atoms with Crippen molar-refractivity contribution >= 4 is 5.91 Å². The van der Waals surface area contributed by atoms with Crippen LogP contribution >= 0.6 is 0 Å². The number of aromatic nitrogens is 1. The summed E-state index contributed by atoms with van der Waals surface area (Å²) < 4.78 is 27.7. The number of ether oxygens (including phenoxy) is 5. The number of nitrogens with one attached hydrogen (secondary N) is 1. The highest BCUT2D eigenvalue weighted by molar-refractivity contribution is 5.94. The lowest BCUT2D eigenvalue weighted by Gasteiger charge is -2.15. The summed E-state index contributed by atoms with van der Waals surface area (Å²) in [7, 11) is 4.67. The molecular formula is C25H28N2O6. The maximum absolute atomic E-state index is 12.8. The fourth-order valence-corrected chi connectivity index (χ4v) is 3.19. The number of nitrogens with zero attached hydrogens (tertiary/aromatic N) is 1. The molecule has 0 saturated carbocycles. The molecule has 174 valence electrons. The maximum Gasteiger partial charge on any atom is 0.251 e. The largest absolute Gasteiger partial charge is 0.496 e. The van der Waals surface area contributed by atoms with Crippen LogP contribution in [0.3, 0.4) is 0 Å². The van der Waals surface area contributed by atoms with Crippen LogP contribution in [-0.2, 0) is 13.2 Å². The number of carbonyl (C=O) groups excluding carboxylic acids is 1. The fraction of sp³-hybridized carbons (Fsp3) is 0.280. The van der Waals surface area contributed by atoms with E-state index < -0.39 is 0 Å². The highest BCUT2D eigenvalue weighted by atomic mass is 16.5. The van der Waals surface area contributed by atoms with E-state index in [2.05, 4.69) is 10.3 Å². The van der Waals surface area contributed by atoms with E-state index in [0.717, 1.165) is 11.1 Å². The number of carbonyl (C=O) groups is 1. The molecule has 3 rings (SSSR count). The van der Waals surface area contributed by atoms with Gasteiger partial charge in [-0.15, -0.1) is 0 Å². The van der Waals surface area contributed by atoms with Crippen LogP contribution in [0, 0.1) is 0 Å². The second kappa shape index (κ2) is 11.6. The summed E-state index contributed by atoms with van der Waals surface area (Å²) in [5, 5.41) is 2.91. The average Bonchev–Trinajstić information content (AvgIpc) is 2.86. The average molecular weight is 453 g/mol. The lowest BCUT2D eigenvalue weighted by atomic mass is 10.1. The smallest absolute Gasteiger partial charge is 0.251 e. The van der Waals surface area contributed by atoms with Gasteiger partial charge in [-0.1, -0.05) is 0 Å². The van der Waals surface area contributed by atoms with Crippen molar-refractivity contribution in [2.75, 3.05) is 27.9 Å². The van der Waals surface area contributed by atoms with Crippen molar-refractivity contribution in [3.8, 4) is 28.7 Å². The van der Waals surface area contributed by atoms with Crippen LogP contribution in [0.4, 0.5) is 0 Å². The minimum atomic E-state index is -0.256. The summed E-state index contributed by atoms with van der Waals surface area (Å²) in [5.41, 5.74) is 2.19. The predicted octanol–water partition coefficient (Wildman–Crippen LogP) is 4.02. The van der Waals surface area contributed by atoms with Crippen LogP contribution in [0.5, 0.6) is 28.7 Å². The SMILES string of the molecule is CCOc1cc(C(=O)NCc2cc(OC)c(OC)cc2OC)ccc1OCc1ccncc1. The number of methoxy groups -OCH3 is 3. The van der Waals surface area contributed by atoms with Crippen LogP contribution in [0.1, 0.15) is 28.4 Å². The highest BCUT2D eigenvalue weighted by Crippen LogP contribution is 2.34. The third kappa shape index (κ3) is 6.06. The van der Waals surface area contributed by atoms with Gasteiger partial charge >= 0.3 is 0 Å². The predicted molar refractivity (Wildman–Crippen MR) is 123 cm³/mol. The molecule has 2 aromatic carbocycles. The Morgan fingerprint density at radius 1 is 0.818 bits per heavy atom. The van der Waals surface area contributed by atoms with E-state index in [4.69, 9.17) is 23.7 Å². The zero-order chi connectivity index (χ0) is 23.6. The summed E-state index contributed by atoms with van der Waals surface area (Å²) in [6.45, 7) is 2.93. The normalized spacial score (nSPS) is 10.3. The van der Waals surface area contributed by atoms with E-state index in [1.54, 1.807) is 64.1 Å². The van der Waals surface area contributed by atoms with Crippen molar-refractivity contribution in [2.24, 2.45) is 0 Å². The van der Waals surface area contributed by atoms with Crippen LogP contribution < -0.4 is 29.0 Å². The number of pyridine rings is 1. The van der Waals surface area contributed by atoms with E-state index >= 15 is 0 Å². The first kappa shape index (κ1) is 23.7. The molecule has 0 bridgehead atoms. The molecule has 1 N–H and O–H groups in total. The molecular weight excluding hydrogens is 424 g/mol. The van der Waals surface area contributed by atoms with Gasteiger partial charge in [-0.05, 0) is 48.9 Å². The molecule has 0 aliphatic rings. The first-order valence-electron chi connectivity index (χ1n) is 10.4. The molecule has 8 heteroatoms. The first-order valence-corrected chi connectivity index (χ1v) is 10.4. The summed E-state index contributed by atoms with van der Waals surface area (Å²) in [6, 6.07) is 12.4. The van der Waals surface area contributed by atoms with E-state index in [1.807, 2.05) is 19.1 Å². The van der Waals surface area contributed by atoms with Crippen LogP contribution in [-0.4, -0.2) is 38.8 Å². The minimum Gasteiger partial charge on any atom is -0.496 e. The topological polar surface area (TPSA) is 88.1 Å². The third-order valence-electron chi connectivity index (χ3n) is 4.88. The zero-order valence-corrected chi connectivity index (χ0v) is 19.2. The van der Waals surface area contributed by atoms with Gasteiger partial charge in [0, 0.05) is 36.1 Å². The van der Waals surface area contributed by atoms with Crippen LogP contribution in [0.15, 0.2) is 54.9 Å². The van der Waals surface area contributed by atoms with Gasteiger partial charge in [0.05, 0.1) is 27.9 Å². The Bertz CT molecular complexity index is 1070. The van der Waals surface area contributed by atoms with Crippen molar-refractivity contribution in [1.82, 2.24) is 10.3 Å². The quantitative estimate of drug-likeness (QED) is 0.470. The van der Waals surface area contributed by atoms with Gasteiger partial charge < -0.3 is 29.0 Å². The van der Waals surface area contributed by atoms with Gasteiger partial charge in [0.25, 0.3) is 5.91 Å². The monoisotopic (exact) mass is 452 g/mol. The van der Waals surface area contributed by atoms with Gasteiger partial charge in [0.2, 0.25) is 0 Å². The summed E-state index contributed by atoms with van der Waals surface area (Å²) in [6.07, 6.45) is 3.42. The minimum absolute atomic E-state index is 0.243. The summed E-state index contributed by atoms with van der Waals surface area (Å²) in [4.78, 5) is 16.8. The van der Waals surface area contributed by atoms with E-state index in [-0.39, 0.29) is 12.5 Å². The molecule has 0 saturated heterocycles. The van der Waals surface area contributed by atoms with E-state index in [9.17, 15) is 4.79 Å². The lowest BCUT2D eigenvalue weighted by molar-refractivity contribution is 0.0950. The lowest BCUT2D eigenvalue weighted by Crippen LogP contribution is -2.23. The maximum atomic E-state index is 12.8. The number of benzene rings is 2. The molecule has 3 aromatic rings. The Balaban J connectivity index is 1.72. The molecule has 0 aliphatic heterocycles. The number of hydrogen-bond acceptors (Lipinski definition) is 7. The van der Waals surface area contributed by atoms with Crippen molar-refractivity contribution in [1.29, 1.82) is 0 Å². The standard InChI is InChI=1S/C25H28N2O6/c1-5-32-24-12-18(6-7-20(24)33-16-17-8-10-26-11-9-17)25(28)27-15-19-13-22(30-3)23(31-4)14-21(19)29-2/h6-14H,5,15-16H2,1-4H3,(H,27,28). The molecule has 0 atom stereocenters. The Kier molecular flexibility index (Phi) is 8.35. The van der Waals surface area contributed by atoms with E-state index in [1.165, 1.54) is 0 Å². The third-order valence-corrected chi connectivity index (χ3v) is 4.88. The van der Waals surface area contributed by atoms with Crippen molar-refractivity contribution in [3.05, 3.63) is 71.5 Å². The van der Waals surface area contributed by atoms with Crippen LogP contribution in [0.2, 0.25) is 0 Å². The molecule has 0 unspecified atom stereocenters. The van der Waals surface area contributed by atoms with Gasteiger partial charge in [0.15, 0.2) is 23.0 Å². The first-order chi connectivity index (χ1) is 16.1. The molecule has 0 radical (unpaired) electrons. The van der Waals surface area contributed by atoms with Crippen LogP contribution in [0.25, 0.3) is 0 Å².